The van der Waals surface area contributed by atoms with Crippen molar-refractivity contribution in [1.29, 1.82) is 0 Å². The lowest BCUT2D eigenvalue weighted by atomic mass is 10.1. The minimum atomic E-state index is -0.902. The molecular formula is C19H20N2O3. The van der Waals surface area contributed by atoms with Crippen LogP contribution < -0.4 is 9.80 Å². The molecule has 1 aliphatic heterocycles. The zero-order valence-electron chi connectivity index (χ0n) is 13.6. The van der Waals surface area contributed by atoms with E-state index in [1.165, 1.54) is 0 Å². The first kappa shape index (κ1) is 16.1. The molecule has 124 valence electrons. The van der Waals surface area contributed by atoms with Gasteiger partial charge >= 0.3 is 5.97 Å². The maximum absolute atomic E-state index is 12.9. The molecule has 1 aliphatic rings. The van der Waals surface area contributed by atoms with Crippen LogP contribution >= 0.6 is 0 Å². The Morgan fingerprint density at radius 1 is 1.08 bits per heavy atom. The first-order chi connectivity index (χ1) is 11.6. The molecular weight excluding hydrogens is 304 g/mol. The first-order valence-electron chi connectivity index (χ1n) is 7.97. The van der Waals surface area contributed by atoms with Crippen molar-refractivity contribution in [2.75, 3.05) is 22.9 Å². The normalized spacial score (nSPS) is 17.4. The van der Waals surface area contributed by atoms with Gasteiger partial charge in [0.1, 0.15) is 6.54 Å². The van der Waals surface area contributed by atoms with E-state index in [0.717, 1.165) is 16.9 Å². The molecule has 0 saturated heterocycles. The van der Waals surface area contributed by atoms with Gasteiger partial charge in [-0.3, -0.25) is 9.59 Å². The summed E-state index contributed by atoms with van der Waals surface area (Å²) in [7, 11) is 0. The summed E-state index contributed by atoms with van der Waals surface area (Å²) in [6.07, 6.45) is 0. The molecule has 1 atom stereocenters. The molecule has 1 amide bonds. The van der Waals surface area contributed by atoms with Crippen LogP contribution in [0.15, 0.2) is 54.6 Å². The number of hydrogen-bond donors (Lipinski definition) is 1. The number of fused-ring (bicyclic) bond motifs is 1. The molecule has 0 bridgehead atoms. The van der Waals surface area contributed by atoms with E-state index in [0.29, 0.717) is 13.1 Å². The van der Waals surface area contributed by atoms with Crippen LogP contribution in [0.1, 0.15) is 12.5 Å². The highest BCUT2D eigenvalue weighted by Crippen LogP contribution is 2.34. The van der Waals surface area contributed by atoms with Crippen molar-refractivity contribution >= 4 is 23.3 Å². The van der Waals surface area contributed by atoms with Crippen molar-refractivity contribution in [1.82, 2.24) is 0 Å². The summed E-state index contributed by atoms with van der Waals surface area (Å²) in [5.41, 5.74) is 2.59. The molecule has 0 aromatic heterocycles. The highest BCUT2D eigenvalue weighted by molar-refractivity contribution is 6.00. The molecule has 0 saturated carbocycles. The van der Waals surface area contributed by atoms with Crippen molar-refractivity contribution < 1.29 is 14.7 Å². The topological polar surface area (TPSA) is 60.9 Å². The second-order valence-electron chi connectivity index (χ2n) is 6.07. The Morgan fingerprint density at radius 2 is 1.71 bits per heavy atom. The van der Waals surface area contributed by atoms with Gasteiger partial charge in [-0.2, -0.15) is 0 Å². The molecule has 5 heteroatoms. The quantitative estimate of drug-likeness (QED) is 0.939. The molecule has 24 heavy (non-hydrogen) atoms. The van der Waals surface area contributed by atoms with Gasteiger partial charge in [-0.25, -0.2) is 0 Å². The third-order valence-corrected chi connectivity index (χ3v) is 4.20. The summed E-state index contributed by atoms with van der Waals surface area (Å²) in [5, 5.41) is 9.20. The number of para-hydroxylation sites is 2. The van der Waals surface area contributed by atoms with E-state index in [9.17, 15) is 14.7 Å². The van der Waals surface area contributed by atoms with Crippen molar-refractivity contribution in [3.8, 4) is 0 Å². The van der Waals surface area contributed by atoms with Crippen LogP contribution in [-0.2, 0) is 16.1 Å². The molecule has 1 N–H and O–H groups in total. The summed E-state index contributed by atoms with van der Waals surface area (Å²) in [6, 6.07) is 17.3. The van der Waals surface area contributed by atoms with E-state index in [2.05, 4.69) is 0 Å². The van der Waals surface area contributed by atoms with Gasteiger partial charge in [0.05, 0.1) is 23.8 Å². The Balaban J connectivity index is 2.02. The molecule has 5 nitrogen and oxygen atoms in total. The van der Waals surface area contributed by atoms with E-state index in [-0.39, 0.29) is 18.4 Å². The summed E-state index contributed by atoms with van der Waals surface area (Å²) >= 11 is 0. The van der Waals surface area contributed by atoms with Crippen molar-refractivity contribution in [3.63, 3.8) is 0 Å². The second-order valence-corrected chi connectivity index (χ2v) is 6.07. The van der Waals surface area contributed by atoms with Gasteiger partial charge in [0, 0.05) is 6.54 Å². The van der Waals surface area contributed by atoms with Crippen LogP contribution in [-0.4, -0.2) is 30.1 Å². The van der Waals surface area contributed by atoms with Gasteiger partial charge in [0.25, 0.3) is 0 Å². The van der Waals surface area contributed by atoms with Gasteiger partial charge in [0.15, 0.2) is 0 Å². The predicted octanol–water partition coefficient (Wildman–Crippen LogP) is 2.76. The number of aliphatic carboxylic acids is 1. The minimum Gasteiger partial charge on any atom is -0.480 e. The molecule has 0 fully saturated rings. The number of carbonyl (C=O) groups is 2. The summed E-state index contributed by atoms with van der Waals surface area (Å²) < 4.78 is 0. The number of hydrogen-bond acceptors (Lipinski definition) is 3. The fourth-order valence-corrected chi connectivity index (χ4v) is 3.09. The highest BCUT2D eigenvalue weighted by Gasteiger charge is 2.31. The lowest BCUT2D eigenvalue weighted by Crippen LogP contribution is -2.37. The number of amides is 1. The van der Waals surface area contributed by atoms with Crippen LogP contribution in [0.2, 0.25) is 0 Å². The van der Waals surface area contributed by atoms with Crippen molar-refractivity contribution in [2.24, 2.45) is 5.92 Å². The summed E-state index contributed by atoms with van der Waals surface area (Å²) in [5.74, 6) is -1.17. The molecule has 3 rings (SSSR count). The number of carboxylic acids is 1. The van der Waals surface area contributed by atoms with E-state index in [1.54, 1.807) is 9.80 Å². The monoisotopic (exact) mass is 324 g/mol. The van der Waals surface area contributed by atoms with Crippen LogP contribution in [0.3, 0.4) is 0 Å². The second kappa shape index (κ2) is 6.74. The van der Waals surface area contributed by atoms with Crippen molar-refractivity contribution in [2.45, 2.75) is 13.5 Å². The molecule has 1 unspecified atom stereocenters. The molecule has 1 heterocycles. The predicted molar refractivity (Wildman–Crippen MR) is 93.1 cm³/mol. The minimum absolute atomic E-state index is 0.0131. The molecule has 0 aliphatic carbocycles. The third-order valence-electron chi connectivity index (χ3n) is 4.20. The lowest BCUT2D eigenvalue weighted by Gasteiger charge is -2.25. The lowest BCUT2D eigenvalue weighted by molar-refractivity contribution is -0.135. The Labute approximate surface area is 141 Å². The Bertz CT molecular complexity index is 745. The Kier molecular flexibility index (Phi) is 4.51. The number of benzene rings is 2. The average molecular weight is 324 g/mol. The SMILES string of the molecule is CC1CN(CC(=O)O)c2ccccc2N(Cc2ccccc2)C1=O. The summed E-state index contributed by atoms with van der Waals surface area (Å²) in [6.45, 7) is 2.60. The zero-order valence-corrected chi connectivity index (χ0v) is 13.6. The highest BCUT2D eigenvalue weighted by atomic mass is 16.4. The fourth-order valence-electron chi connectivity index (χ4n) is 3.09. The smallest absolute Gasteiger partial charge is 0.323 e. The largest absolute Gasteiger partial charge is 0.480 e. The average Bonchev–Trinajstić information content (AvgIpc) is 2.67. The van der Waals surface area contributed by atoms with E-state index in [1.807, 2.05) is 61.5 Å². The molecule has 0 spiro atoms. The van der Waals surface area contributed by atoms with Gasteiger partial charge in [-0.15, -0.1) is 0 Å². The number of anilines is 2. The van der Waals surface area contributed by atoms with E-state index >= 15 is 0 Å². The van der Waals surface area contributed by atoms with Crippen LogP contribution in [0.5, 0.6) is 0 Å². The van der Waals surface area contributed by atoms with Crippen LogP contribution in [0, 0.1) is 5.92 Å². The number of carbonyl (C=O) groups excluding carboxylic acids is 1. The van der Waals surface area contributed by atoms with Gasteiger partial charge in [-0.05, 0) is 17.7 Å². The zero-order chi connectivity index (χ0) is 17.1. The maximum Gasteiger partial charge on any atom is 0.323 e. The number of nitrogens with zero attached hydrogens (tertiary/aromatic N) is 2. The maximum atomic E-state index is 12.9. The van der Waals surface area contributed by atoms with E-state index in [4.69, 9.17) is 0 Å². The fraction of sp³-hybridized carbons (Fsp3) is 0.263. The van der Waals surface area contributed by atoms with Gasteiger partial charge < -0.3 is 14.9 Å². The van der Waals surface area contributed by atoms with Crippen molar-refractivity contribution in [3.05, 3.63) is 60.2 Å². The van der Waals surface area contributed by atoms with Crippen LogP contribution in [0.25, 0.3) is 0 Å². The number of carboxylic acid groups (broad SMARTS) is 1. The van der Waals surface area contributed by atoms with Crippen LogP contribution in [0.4, 0.5) is 11.4 Å². The van der Waals surface area contributed by atoms with E-state index < -0.39 is 5.97 Å². The Morgan fingerprint density at radius 3 is 2.38 bits per heavy atom. The van der Waals surface area contributed by atoms with Gasteiger partial charge in [-0.1, -0.05) is 49.4 Å². The molecule has 2 aromatic rings. The van der Waals surface area contributed by atoms with Gasteiger partial charge in [0.2, 0.25) is 5.91 Å². The Hall–Kier alpha value is -2.82. The molecule has 2 aromatic carbocycles. The third kappa shape index (κ3) is 3.25. The standard InChI is InChI=1S/C19H20N2O3/c1-14-11-20(13-18(22)23)16-9-5-6-10-17(16)21(19(14)24)12-15-7-3-2-4-8-15/h2-10,14H,11-13H2,1H3,(H,22,23). The first-order valence-corrected chi connectivity index (χ1v) is 7.97. The molecule has 0 radical (unpaired) electrons. The number of rotatable bonds is 4. The summed E-state index contributed by atoms with van der Waals surface area (Å²) in [4.78, 5) is 27.6.